The topological polar surface area (TPSA) is 108 Å². The fourth-order valence-corrected chi connectivity index (χ4v) is 6.52. The molecule has 1 fully saturated rings. The van der Waals surface area contributed by atoms with E-state index in [0.29, 0.717) is 48.6 Å². The smallest absolute Gasteiger partial charge is 0.252 e. The van der Waals surface area contributed by atoms with Gasteiger partial charge in [0.1, 0.15) is 21.7 Å². The third-order valence-electron chi connectivity index (χ3n) is 5.45. The minimum absolute atomic E-state index is 0.147. The van der Waals surface area contributed by atoms with E-state index in [4.69, 9.17) is 0 Å². The van der Waals surface area contributed by atoms with E-state index in [0.717, 1.165) is 16.4 Å². The molecule has 3 aromatic rings. The lowest BCUT2D eigenvalue weighted by molar-refractivity contribution is -0.119. The summed E-state index contributed by atoms with van der Waals surface area (Å²) in [5, 5.41) is 6.01. The molecule has 4 rings (SSSR count). The van der Waals surface area contributed by atoms with E-state index in [1.807, 2.05) is 44.2 Å². The molecule has 2 N–H and O–H groups in total. The first-order valence-electron chi connectivity index (χ1n) is 11.0. The van der Waals surface area contributed by atoms with Crippen LogP contribution in [0.4, 0.5) is 17.3 Å². The molecule has 0 spiro atoms. The largest absolute Gasteiger partial charge is 0.354 e. The Kier molecular flexibility index (Phi) is 7.15. The van der Waals surface area contributed by atoms with Crippen molar-refractivity contribution >= 4 is 44.6 Å². The highest BCUT2D eigenvalue weighted by atomic mass is 32.2. The zero-order chi connectivity index (χ0) is 24.3. The average Bonchev–Trinajstić information content (AvgIpc) is 3.29. The van der Waals surface area contributed by atoms with Gasteiger partial charge in [0.25, 0.3) is 10.0 Å². The molecule has 3 heterocycles. The standard InChI is InChI=1S/C23H28N6O3S2/c1-16-4-6-19(7-5-16)27-21-14-22(26-17(2)25-21)28-10-12-29(13-11-28)34(31,32)23-9-8-20(33-23)15-24-18(3)30/h4-9,14H,10-13,15H2,1-3H3,(H,24,30)(H,25,26,27). The van der Waals surface area contributed by atoms with Gasteiger partial charge in [0.2, 0.25) is 5.91 Å². The molecule has 1 saturated heterocycles. The van der Waals surface area contributed by atoms with Crippen molar-refractivity contribution < 1.29 is 13.2 Å². The van der Waals surface area contributed by atoms with Crippen LogP contribution in [0.2, 0.25) is 0 Å². The normalized spacial score (nSPS) is 14.7. The van der Waals surface area contributed by atoms with Crippen molar-refractivity contribution in [1.82, 2.24) is 19.6 Å². The predicted octanol–water partition coefficient (Wildman–Crippen LogP) is 3.05. The van der Waals surface area contributed by atoms with Gasteiger partial charge in [-0.2, -0.15) is 4.31 Å². The summed E-state index contributed by atoms with van der Waals surface area (Å²) in [6, 6.07) is 13.3. The third-order valence-corrected chi connectivity index (χ3v) is 8.91. The van der Waals surface area contributed by atoms with Crippen molar-refractivity contribution in [3.63, 3.8) is 0 Å². The Bertz CT molecular complexity index is 1270. The van der Waals surface area contributed by atoms with Crippen molar-refractivity contribution in [3.8, 4) is 0 Å². The Labute approximate surface area is 203 Å². The summed E-state index contributed by atoms with van der Waals surface area (Å²) >= 11 is 1.19. The fraction of sp³-hybridized carbons (Fsp3) is 0.348. The minimum Gasteiger partial charge on any atom is -0.354 e. The third kappa shape index (κ3) is 5.72. The molecular formula is C23H28N6O3S2. The van der Waals surface area contributed by atoms with Crippen LogP contribution < -0.4 is 15.5 Å². The number of nitrogens with zero attached hydrogens (tertiary/aromatic N) is 4. The van der Waals surface area contributed by atoms with Gasteiger partial charge in [-0.3, -0.25) is 4.79 Å². The predicted molar refractivity (Wildman–Crippen MR) is 134 cm³/mol. The highest BCUT2D eigenvalue weighted by Gasteiger charge is 2.30. The number of carbonyl (C=O) groups is 1. The number of aromatic nitrogens is 2. The van der Waals surface area contributed by atoms with E-state index in [2.05, 4.69) is 25.5 Å². The van der Waals surface area contributed by atoms with Gasteiger partial charge in [-0.05, 0) is 38.1 Å². The first-order chi connectivity index (χ1) is 16.2. The van der Waals surface area contributed by atoms with Crippen molar-refractivity contribution in [1.29, 1.82) is 0 Å². The molecule has 1 aliphatic heterocycles. The van der Waals surface area contributed by atoms with Crippen LogP contribution in [0.25, 0.3) is 0 Å². The summed E-state index contributed by atoms with van der Waals surface area (Å²) in [5.41, 5.74) is 2.13. The van der Waals surface area contributed by atoms with Crippen LogP contribution in [0.5, 0.6) is 0 Å². The molecule has 0 atom stereocenters. The number of sulfonamides is 1. The van der Waals surface area contributed by atoms with E-state index in [9.17, 15) is 13.2 Å². The molecule has 1 aromatic carbocycles. The zero-order valence-corrected chi connectivity index (χ0v) is 21.0. The number of carbonyl (C=O) groups excluding carboxylic acids is 1. The number of anilines is 3. The second kappa shape index (κ2) is 10.1. The highest BCUT2D eigenvalue weighted by molar-refractivity contribution is 7.91. The summed E-state index contributed by atoms with van der Waals surface area (Å²) in [7, 11) is -3.58. The van der Waals surface area contributed by atoms with E-state index in [1.54, 1.807) is 12.1 Å². The van der Waals surface area contributed by atoms with Crippen LogP contribution in [-0.4, -0.2) is 54.8 Å². The maximum absolute atomic E-state index is 13.1. The second-order valence-corrected chi connectivity index (χ2v) is 11.5. The molecule has 0 aliphatic carbocycles. The molecular weight excluding hydrogens is 472 g/mol. The zero-order valence-electron chi connectivity index (χ0n) is 19.4. The van der Waals surface area contributed by atoms with Gasteiger partial charge in [0.15, 0.2) is 0 Å². The maximum atomic E-state index is 13.1. The van der Waals surface area contributed by atoms with Crippen LogP contribution >= 0.6 is 11.3 Å². The van der Waals surface area contributed by atoms with Crippen LogP contribution in [0.15, 0.2) is 46.7 Å². The van der Waals surface area contributed by atoms with Crippen molar-refractivity contribution in [2.75, 3.05) is 36.4 Å². The average molecular weight is 501 g/mol. The Balaban J connectivity index is 1.41. The first-order valence-corrected chi connectivity index (χ1v) is 13.2. The highest BCUT2D eigenvalue weighted by Crippen LogP contribution is 2.27. The van der Waals surface area contributed by atoms with Crippen LogP contribution in [0, 0.1) is 13.8 Å². The molecule has 180 valence electrons. The van der Waals surface area contributed by atoms with Crippen molar-refractivity contribution in [2.24, 2.45) is 0 Å². The van der Waals surface area contributed by atoms with E-state index >= 15 is 0 Å². The Morgan fingerprint density at radius 3 is 2.41 bits per heavy atom. The van der Waals surface area contributed by atoms with E-state index in [-0.39, 0.29) is 5.91 Å². The number of aryl methyl sites for hydroxylation is 2. The number of thiophene rings is 1. The van der Waals surface area contributed by atoms with Gasteiger partial charge in [-0.15, -0.1) is 11.3 Å². The van der Waals surface area contributed by atoms with Crippen molar-refractivity contribution in [3.05, 3.63) is 58.7 Å². The van der Waals surface area contributed by atoms with Gasteiger partial charge >= 0.3 is 0 Å². The number of benzene rings is 1. The monoisotopic (exact) mass is 500 g/mol. The summed E-state index contributed by atoms with van der Waals surface area (Å²) in [5.74, 6) is 1.97. The Morgan fingerprint density at radius 1 is 1.03 bits per heavy atom. The lowest BCUT2D eigenvalue weighted by Crippen LogP contribution is -2.48. The molecule has 0 saturated carbocycles. The molecule has 0 bridgehead atoms. The van der Waals surface area contributed by atoms with Gasteiger partial charge in [-0.1, -0.05) is 17.7 Å². The number of hydrogen-bond donors (Lipinski definition) is 2. The molecule has 9 nitrogen and oxygen atoms in total. The molecule has 0 unspecified atom stereocenters. The molecule has 2 aromatic heterocycles. The molecule has 1 aliphatic rings. The van der Waals surface area contributed by atoms with Crippen LogP contribution in [0.1, 0.15) is 23.2 Å². The lowest BCUT2D eigenvalue weighted by Gasteiger charge is -2.34. The van der Waals surface area contributed by atoms with Gasteiger partial charge in [0.05, 0.1) is 6.54 Å². The summed E-state index contributed by atoms with van der Waals surface area (Å²) in [4.78, 5) is 23.1. The summed E-state index contributed by atoms with van der Waals surface area (Å²) in [6.07, 6.45) is 0. The first kappa shape index (κ1) is 24.1. The number of rotatable bonds is 7. The SMILES string of the molecule is CC(=O)NCc1ccc(S(=O)(=O)N2CCN(c3cc(Nc4ccc(C)cc4)nc(C)n3)CC2)s1. The van der Waals surface area contributed by atoms with Gasteiger partial charge < -0.3 is 15.5 Å². The van der Waals surface area contributed by atoms with Crippen LogP contribution in [-0.2, 0) is 21.4 Å². The second-order valence-electron chi connectivity index (χ2n) is 8.17. The number of hydrogen-bond acceptors (Lipinski definition) is 8. The van der Waals surface area contributed by atoms with Gasteiger partial charge in [-0.25, -0.2) is 18.4 Å². The van der Waals surface area contributed by atoms with Crippen molar-refractivity contribution in [2.45, 2.75) is 31.5 Å². The quantitative estimate of drug-likeness (QED) is 0.513. The van der Waals surface area contributed by atoms with E-state index < -0.39 is 10.0 Å². The molecule has 11 heteroatoms. The molecule has 34 heavy (non-hydrogen) atoms. The minimum atomic E-state index is -3.58. The Morgan fingerprint density at radius 2 is 1.74 bits per heavy atom. The van der Waals surface area contributed by atoms with Crippen LogP contribution in [0.3, 0.4) is 0 Å². The molecule has 1 amide bonds. The van der Waals surface area contributed by atoms with Gasteiger partial charge in [0, 0.05) is 49.7 Å². The number of piperazine rings is 1. The summed E-state index contributed by atoms with van der Waals surface area (Å²) in [6.45, 7) is 7.45. The Hall–Kier alpha value is -3.02. The fourth-order valence-electron chi connectivity index (χ4n) is 3.65. The number of amides is 1. The van der Waals surface area contributed by atoms with E-state index in [1.165, 1.54) is 28.1 Å². The maximum Gasteiger partial charge on any atom is 0.252 e. The summed E-state index contributed by atoms with van der Waals surface area (Å²) < 4.78 is 28.0. The lowest BCUT2D eigenvalue weighted by atomic mass is 10.2. The number of nitrogens with one attached hydrogen (secondary N) is 2. The molecule has 0 radical (unpaired) electrons.